The van der Waals surface area contributed by atoms with Gasteiger partial charge in [-0.1, -0.05) is 35.9 Å². The fraction of sp³-hybridized carbons (Fsp3) is 0.160. The number of nitrogens with zero attached hydrogens (tertiary/aromatic N) is 2. The van der Waals surface area contributed by atoms with Gasteiger partial charge in [0.25, 0.3) is 5.91 Å². The van der Waals surface area contributed by atoms with E-state index in [0.29, 0.717) is 21.3 Å². The fourth-order valence-corrected chi connectivity index (χ4v) is 5.58. The van der Waals surface area contributed by atoms with Crippen molar-refractivity contribution in [1.82, 2.24) is 9.97 Å². The normalized spacial score (nSPS) is 16.3. The number of nitrogens with one attached hydrogen (secondary N) is 1. The number of anilines is 1. The maximum absolute atomic E-state index is 13.8. The highest BCUT2D eigenvalue weighted by atomic mass is 35.5. The molecule has 3 heterocycles. The van der Waals surface area contributed by atoms with Gasteiger partial charge in [0.05, 0.1) is 27.2 Å². The number of amides is 1. The number of aromatic nitrogens is 2. The number of rotatable bonds is 4. The number of Topliss-reactive ketones (excluding diaryl/α,β-unsaturated/α-hetero) is 1. The molecule has 33 heavy (non-hydrogen) atoms. The van der Waals surface area contributed by atoms with Gasteiger partial charge in [-0.15, -0.1) is 11.3 Å². The van der Waals surface area contributed by atoms with Gasteiger partial charge in [0, 0.05) is 32.9 Å². The third kappa shape index (κ3) is 3.35. The number of para-hydroxylation sites is 1. The highest BCUT2D eigenvalue weighted by Gasteiger charge is 2.46. The van der Waals surface area contributed by atoms with Gasteiger partial charge in [-0.25, -0.2) is 4.98 Å². The molecule has 0 fully saturated rings. The molecule has 166 valence electrons. The first kappa shape index (κ1) is 21.4. The van der Waals surface area contributed by atoms with Crippen molar-refractivity contribution in [3.8, 4) is 0 Å². The molecule has 0 aliphatic carbocycles. The van der Waals surface area contributed by atoms with Crippen molar-refractivity contribution in [1.29, 1.82) is 0 Å². The average Bonchev–Trinajstić information content (AvgIpc) is 3.37. The van der Waals surface area contributed by atoms with Crippen LogP contribution < -0.4 is 4.90 Å². The van der Waals surface area contributed by atoms with Crippen LogP contribution >= 0.6 is 22.9 Å². The first-order chi connectivity index (χ1) is 15.8. The molecule has 4 aromatic rings. The maximum Gasteiger partial charge on any atom is 0.294 e. The second-order valence-electron chi connectivity index (χ2n) is 8.01. The molecule has 1 atom stereocenters. The Bertz CT molecular complexity index is 1480. The summed E-state index contributed by atoms with van der Waals surface area (Å²) in [5.41, 5.74) is 3.55. The molecular formula is C25H20ClN3O3S. The monoisotopic (exact) mass is 477 g/mol. The van der Waals surface area contributed by atoms with E-state index in [4.69, 9.17) is 11.6 Å². The van der Waals surface area contributed by atoms with Crippen LogP contribution in [0.2, 0.25) is 5.02 Å². The summed E-state index contributed by atoms with van der Waals surface area (Å²) < 4.78 is 0. The number of hydrogen-bond donors (Lipinski definition) is 2. The smallest absolute Gasteiger partial charge is 0.294 e. The average molecular weight is 478 g/mol. The Morgan fingerprint density at radius 2 is 1.91 bits per heavy atom. The molecule has 1 aliphatic rings. The predicted octanol–water partition coefficient (Wildman–Crippen LogP) is 5.99. The molecule has 6 nitrogen and oxygen atoms in total. The molecule has 8 heteroatoms. The molecule has 2 aromatic carbocycles. The van der Waals surface area contributed by atoms with Gasteiger partial charge >= 0.3 is 0 Å². The maximum atomic E-state index is 13.8. The summed E-state index contributed by atoms with van der Waals surface area (Å²) in [6, 6.07) is 13.7. The Balaban J connectivity index is 1.78. The number of thiazole rings is 1. The minimum atomic E-state index is -0.832. The van der Waals surface area contributed by atoms with Gasteiger partial charge in [-0.3, -0.25) is 14.5 Å². The Hall–Kier alpha value is -3.42. The number of aryl methyl sites for hydroxylation is 3. The van der Waals surface area contributed by atoms with Crippen LogP contribution in [0.15, 0.2) is 59.9 Å². The minimum Gasteiger partial charge on any atom is -0.503 e. The van der Waals surface area contributed by atoms with Crippen molar-refractivity contribution in [2.45, 2.75) is 26.8 Å². The molecule has 0 saturated carbocycles. The van der Waals surface area contributed by atoms with Crippen LogP contribution in [-0.4, -0.2) is 26.8 Å². The van der Waals surface area contributed by atoms with Gasteiger partial charge in [-0.05, 0) is 45.0 Å². The molecule has 0 radical (unpaired) electrons. The standard InChI is InChI=1S/C25H20ClN3O3S/c1-12-19(17-9-4-5-10-18(17)28-12)21-20(22(30)24-13(2)27-14(3)33-24)23(31)25(32)29(21)16-8-6-7-15(26)11-16/h4-11,21,28,31H,1-3H3. The number of hydrogen-bond acceptors (Lipinski definition) is 5. The minimum absolute atomic E-state index is 0.0413. The van der Waals surface area contributed by atoms with Gasteiger partial charge in [-0.2, -0.15) is 0 Å². The molecule has 0 spiro atoms. The zero-order chi connectivity index (χ0) is 23.4. The molecule has 5 rings (SSSR count). The first-order valence-electron chi connectivity index (χ1n) is 10.4. The summed E-state index contributed by atoms with van der Waals surface area (Å²) in [4.78, 5) is 36.7. The number of aliphatic hydroxyl groups is 1. The number of carbonyl (C=O) groups excluding carboxylic acids is 2. The lowest BCUT2D eigenvalue weighted by molar-refractivity contribution is -0.117. The lowest BCUT2D eigenvalue weighted by Crippen LogP contribution is -2.31. The van der Waals surface area contributed by atoms with E-state index in [1.165, 1.54) is 16.2 Å². The number of aromatic amines is 1. The van der Waals surface area contributed by atoms with E-state index < -0.39 is 23.5 Å². The van der Waals surface area contributed by atoms with Crippen molar-refractivity contribution in [2.75, 3.05) is 4.90 Å². The summed E-state index contributed by atoms with van der Waals surface area (Å²) in [7, 11) is 0. The van der Waals surface area contributed by atoms with Crippen molar-refractivity contribution >= 4 is 51.2 Å². The first-order valence-corrected chi connectivity index (χ1v) is 11.6. The second kappa shape index (κ2) is 7.86. The van der Waals surface area contributed by atoms with E-state index in [1.807, 2.05) is 38.1 Å². The second-order valence-corrected chi connectivity index (χ2v) is 9.65. The molecule has 1 amide bonds. The fourth-order valence-electron chi connectivity index (χ4n) is 4.52. The van der Waals surface area contributed by atoms with Gasteiger partial charge in [0.2, 0.25) is 5.78 Å². The van der Waals surface area contributed by atoms with Crippen LogP contribution in [0, 0.1) is 20.8 Å². The van der Waals surface area contributed by atoms with Gasteiger partial charge < -0.3 is 10.1 Å². The van der Waals surface area contributed by atoms with E-state index in [1.54, 1.807) is 31.2 Å². The third-order valence-corrected chi connectivity index (χ3v) is 7.17. The lowest BCUT2D eigenvalue weighted by Gasteiger charge is -2.27. The number of carbonyl (C=O) groups is 2. The van der Waals surface area contributed by atoms with Gasteiger partial charge in [0.1, 0.15) is 0 Å². The van der Waals surface area contributed by atoms with Crippen molar-refractivity contribution in [2.24, 2.45) is 0 Å². The van der Waals surface area contributed by atoms with E-state index in [9.17, 15) is 14.7 Å². The molecule has 0 bridgehead atoms. The summed E-state index contributed by atoms with van der Waals surface area (Å²) in [6.45, 7) is 5.48. The molecule has 2 aromatic heterocycles. The Morgan fingerprint density at radius 3 is 2.61 bits per heavy atom. The van der Waals surface area contributed by atoms with Crippen molar-refractivity contribution in [3.63, 3.8) is 0 Å². The molecule has 2 N–H and O–H groups in total. The Labute approximate surface area is 199 Å². The number of aliphatic hydroxyl groups excluding tert-OH is 1. The summed E-state index contributed by atoms with van der Waals surface area (Å²) in [5.74, 6) is -1.60. The number of benzene rings is 2. The van der Waals surface area contributed by atoms with Crippen molar-refractivity contribution < 1.29 is 14.7 Å². The van der Waals surface area contributed by atoms with E-state index in [0.717, 1.165) is 27.2 Å². The van der Waals surface area contributed by atoms with Crippen LogP contribution in [-0.2, 0) is 4.79 Å². The quantitative estimate of drug-likeness (QED) is 0.354. The van der Waals surface area contributed by atoms with Crippen LogP contribution in [0.5, 0.6) is 0 Å². The van der Waals surface area contributed by atoms with Gasteiger partial charge in [0.15, 0.2) is 5.76 Å². The van der Waals surface area contributed by atoms with E-state index in [-0.39, 0.29) is 5.57 Å². The highest BCUT2D eigenvalue weighted by molar-refractivity contribution is 7.14. The summed E-state index contributed by atoms with van der Waals surface area (Å²) >= 11 is 7.49. The predicted molar refractivity (Wildman–Crippen MR) is 130 cm³/mol. The Kier molecular flexibility index (Phi) is 5.11. The lowest BCUT2D eigenvalue weighted by atomic mass is 9.92. The van der Waals surface area contributed by atoms with Crippen LogP contribution in [0.1, 0.15) is 37.7 Å². The van der Waals surface area contributed by atoms with Crippen LogP contribution in [0.4, 0.5) is 5.69 Å². The number of ketones is 1. The number of fused-ring (bicyclic) bond motifs is 1. The van der Waals surface area contributed by atoms with Crippen LogP contribution in [0.3, 0.4) is 0 Å². The van der Waals surface area contributed by atoms with Crippen LogP contribution in [0.25, 0.3) is 10.9 Å². The summed E-state index contributed by atoms with van der Waals surface area (Å²) in [5, 5.41) is 13.1. The third-order valence-electron chi connectivity index (χ3n) is 5.87. The Morgan fingerprint density at radius 1 is 1.15 bits per heavy atom. The molecule has 0 saturated heterocycles. The zero-order valence-corrected chi connectivity index (χ0v) is 19.7. The number of halogens is 1. The largest absolute Gasteiger partial charge is 0.503 e. The molecule has 1 aliphatic heterocycles. The van der Waals surface area contributed by atoms with Crippen molar-refractivity contribution in [3.05, 3.63) is 91.7 Å². The topological polar surface area (TPSA) is 86.3 Å². The number of H-pyrrole nitrogens is 1. The molecular weight excluding hydrogens is 458 g/mol. The zero-order valence-electron chi connectivity index (χ0n) is 18.1. The van der Waals surface area contributed by atoms with E-state index >= 15 is 0 Å². The summed E-state index contributed by atoms with van der Waals surface area (Å²) in [6.07, 6.45) is 0. The SMILES string of the molecule is Cc1nc(C)c(C(=O)C2=C(O)C(=O)N(c3cccc(Cl)c3)C2c2c(C)[nH]c3ccccc23)s1. The molecule has 1 unspecified atom stereocenters. The highest BCUT2D eigenvalue weighted by Crippen LogP contribution is 2.46. The van der Waals surface area contributed by atoms with E-state index in [2.05, 4.69) is 9.97 Å².